The minimum Gasteiger partial charge on any atom is -0.459 e. The van der Waals surface area contributed by atoms with Gasteiger partial charge in [0, 0.05) is 4.90 Å². The lowest BCUT2D eigenvalue weighted by atomic mass is 10.3. The molecule has 2 heterocycles. The predicted molar refractivity (Wildman–Crippen MR) is 109 cm³/mol. The second-order valence-corrected chi connectivity index (χ2v) is 7.86. The number of thiazole rings is 1. The number of likely N-dealkylation sites (N-methyl/N-ethyl adjacent to an activating group) is 1. The molecule has 5 nitrogen and oxygen atoms in total. The van der Waals surface area contributed by atoms with Crippen molar-refractivity contribution in [1.29, 1.82) is 0 Å². The average molecular weight is 391 g/mol. The first-order valence-electron chi connectivity index (χ1n) is 8.79. The summed E-state index contributed by atoms with van der Waals surface area (Å²) in [5, 5.41) is 0.728. The molecular weight excluding hydrogens is 366 g/mol. The summed E-state index contributed by atoms with van der Waals surface area (Å²) in [5.41, 5.74) is 0.926. The van der Waals surface area contributed by atoms with Gasteiger partial charge in [-0.15, -0.1) is 11.8 Å². The summed E-state index contributed by atoms with van der Waals surface area (Å²) in [6.45, 7) is 7.90. The van der Waals surface area contributed by atoms with Crippen LogP contribution in [0.3, 0.4) is 0 Å². The fourth-order valence-electron chi connectivity index (χ4n) is 2.83. The number of benzene rings is 1. The maximum Gasteiger partial charge on any atom is 0.295 e. The number of nitrogens with zero attached hydrogens (tertiary/aromatic N) is 2. The molecule has 0 fully saturated rings. The summed E-state index contributed by atoms with van der Waals surface area (Å²) in [4.78, 5) is 22.1. The molecule has 0 unspecified atom stereocenters. The molecule has 1 amide bonds. The standard InChI is InChI=1S/C19H23N3O2S2/c1-4-21(5-2)10-11-22(18(23)16-7-6-12-24-16)19-20-15-9-8-14(25-3)13-17(15)26-19/h6-9,12-13H,4-5,10-11H2,1-3H3/p+1. The number of nitrogens with one attached hydrogen (secondary N) is 1. The van der Waals surface area contributed by atoms with Gasteiger partial charge in [-0.3, -0.25) is 9.69 Å². The van der Waals surface area contributed by atoms with Crippen molar-refractivity contribution in [2.75, 3.05) is 37.3 Å². The molecule has 7 heteroatoms. The van der Waals surface area contributed by atoms with Crippen molar-refractivity contribution in [2.24, 2.45) is 0 Å². The molecule has 0 radical (unpaired) electrons. The minimum absolute atomic E-state index is 0.134. The molecule has 0 aliphatic heterocycles. The van der Waals surface area contributed by atoms with E-state index in [4.69, 9.17) is 9.40 Å². The van der Waals surface area contributed by atoms with Crippen molar-refractivity contribution in [3.8, 4) is 0 Å². The van der Waals surface area contributed by atoms with E-state index >= 15 is 0 Å². The van der Waals surface area contributed by atoms with E-state index in [1.165, 1.54) is 16.1 Å². The molecule has 26 heavy (non-hydrogen) atoms. The molecule has 0 atom stereocenters. The fourth-order valence-corrected chi connectivity index (χ4v) is 4.37. The number of hydrogen-bond acceptors (Lipinski definition) is 5. The summed E-state index contributed by atoms with van der Waals surface area (Å²) in [6, 6.07) is 9.66. The summed E-state index contributed by atoms with van der Waals surface area (Å²) < 4.78 is 6.44. The lowest BCUT2D eigenvalue weighted by molar-refractivity contribution is -0.894. The Morgan fingerprint density at radius 1 is 1.31 bits per heavy atom. The number of furan rings is 1. The zero-order valence-corrected chi connectivity index (χ0v) is 17.0. The largest absolute Gasteiger partial charge is 0.459 e. The normalized spacial score (nSPS) is 11.4. The number of carbonyl (C=O) groups is 1. The van der Waals surface area contributed by atoms with Gasteiger partial charge >= 0.3 is 0 Å². The smallest absolute Gasteiger partial charge is 0.295 e. The van der Waals surface area contributed by atoms with Crippen molar-refractivity contribution in [3.05, 3.63) is 42.4 Å². The van der Waals surface area contributed by atoms with Gasteiger partial charge < -0.3 is 9.32 Å². The Morgan fingerprint density at radius 3 is 2.77 bits per heavy atom. The van der Waals surface area contributed by atoms with Crippen LogP contribution < -0.4 is 9.80 Å². The maximum absolute atomic E-state index is 13.0. The molecule has 0 saturated heterocycles. The molecule has 138 valence electrons. The Morgan fingerprint density at radius 2 is 2.12 bits per heavy atom. The molecular formula is C19H24N3O2S2+. The summed E-state index contributed by atoms with van der Waals surface area (Å²) in [6.07, 6.45) is 3.59. The average Bonchev–Trinajstić information content (AvgIpc) is 3.33. The fraction of sp³-hybridized carbons (Fsp3) is 0.368. The Hall–Kier alpha value is -1.83. The molecule has 1 aromatic carbocycles. The molecule has 0 saturated carbocycles. The van der Waals surface area contributed by atoms with Gasteiger partial charge in [0.1, 0.15) is 0 Å². The van der Waals surface area contributed by atoms with E-state index in [1.54, 1.807) is 40.1 Å². The molecule has 0 aliphatic carbocycles. The summed E-state index contributed by atoms with van der Waals surface area (Å²) in [7, 11) is 0. The van der Waals surface area contributed by atoms with Crippen molar-refractivity contribution in [2.45, 2.75) is 18.7 Å². The van der Waals surface area contributed by atoms with Crippen LogP contribution in [0.2, 0.25) is 0 Å². The number of rotatable bonds is 8. The Labute approximate surface area is 162 Å². The van der Waals surface area contributed by atoms with E-state index < -0.39 is 0 Å². The molecule has 3 rings (SSSR count). The third kappa shape index (κ3) is 4.11. The highest BCUT2D eigenvalue weighted by atomic mass is 32.2. The third-order valence-corrected chi connectivity index (χ3v) is 6.25. The second-order valence-electron chi connectivity index (χ2n) is 5.97. The van der Waals surface area contributed by atoms with Crippen LogP contribution in [0.1, 0.15) is 24.4 Å². The molecule has 2 aromatic heterocycles. The van der Waals surface area contributed by atoms with E-state index in [2.05, 4.69) is 32.2 Å². The van der Waals surface area contributed by atoms with Gasteiger partial charge in [0.05, 0.1) is 42.7 Å². The number of carbonyl (C=O) groups excluding carboxylic acids is 1. The van der Waals surface area contributed by atoms with Gasteiger partial charge in [-0.05, 0) is 50.4 Å². The van der Waals surface area contributed by atoms with Crippen LogP contribution >= 0.6 is 23.1 Å². The monoisotopic (exact) mass is 390 g/mol. The highest BCUT2D eigenvalue weighted by Crippen LogP contribution is 2.32. The number of fused-ring (bicyclic) bond motifs is 1. The molecule has 3 aromatic rings. The van der Waals surface area contributed by atoms with Gasteiger partial charge in [0.25, 0.3) is 5.91 Å². The van der Waals surface area contributed by atoms with Gasteiger partial charge in [-0.2, -0.15) is 0 Å². The Bertz CT molecular complexity index is 857. The summed E-state index contributed by atoms with van der Waals surface area (Å²) in [5.74, 6) is 0.217. The van der Waals surface area contributed by atoms with Crippen LogP contribution in [0.5, 0.6) is 0 Å². The number of thioether (sulfide) groups is 1. The van der Waals surface area contributed by atoms with Crippen molar-refractivity contribution in [3.63, 3.8) is 0 Å². The topological polar surface area (TPSA) is 50.8 Å². The zero-order valence-electron chi connectivity index (χ0n) is 15.3. The van der Waals surface area contributed by atoms with Gasteiger partial charge in [0.15, 0.2) is 10.9 Å². The Balaban J connectivity index is 1.92. The van der Waals surface area contributed by atoms with Crippen LogP contribution in [-0.4, -0.2) is 43.3 Å². The molecule has 0 spiro atoms. The second kappa shape index (κ2) is 8.70. The van der Waals surface area contributed by atoms with Gasteiger partial charge in [-0.1, -0.05) is 11.3 Å². The van der Waals surface area contributed by atoms with Crippen LogP contribution in [-0.2, 0) is 0 Å². The third-order valence-electron chi connectivity index (χ3n) is 4.48. The lowest BCUT2D eigenvalue weighted by Crippen LogP contribution is -3.12. The zero-order chi connectivity index (χ0) is 18.5. The molecule has 0 aliphatic rings. The van der Waals surface area contributed by atoms with Crippen LogP contribution in [0.4, 0.5) is 5.13 Å². The first kappa shape index (κ1) is 18.9. The number of aromatic nitrogens is 1. The van der Waals surface area contributed by atoms with Crippen LogP contribution in [0.15, 0.2) is 45.9 Å². The van der Waals surface area contributed by atoms with Crippen LogP contribution in [0.25, 0.3) is 10.2 Å². The quantitative estimate of drug-likeness (QED) is 0.600. The Kier molecular flexibility index (Phi) is 6.34. The van der Waals surface area contributed by atoms with E-state index in [9.17, 15) is 4.79 Å². The maximum atomic E-state index is 13.0. The number of hydrogen-bond donors (Lipinski definition) is 1. The highest BCUT2D eigenvalue weighted by Gasteiger charge is 2.24. The van der Waals surface area contributed by atoms with Crippen molar-refractivity contribution in [1.82, 2.24) is 4.98 Å². The lowest BCUT2D eigenvalue weighted by Gasteiger charge is -2.22. The number of quaternary nitrogens is 1. The highest BCUT2D eigenvalue weighted by molar-refractivity contribution is 7.98. The van der Waals surface area contributed by atoms with E-state index in [-0.39, 0.29) is 5.91 Å². The minimum atomic E-state index is -0.134. The van der Waals surface area contributed by atoms with Gasteiger partial charge in [0.2, 0.25) is 0 Å². The van der Waals surface area contributed by atoms with Crippen molar-refractivity contribution >= 4 is 44.4 Å². The number of amides is 1. The number of anilines is 1. The molecule has 0 bridgehead atoms. The molecule has 1 N–H and O–H groups in total. The van der Waals surface area contributed by atoms with Gasteiger partial charge in [-0.25, -0.2) is 4.98 Å². The first-order valence-corrected chi connectivity index (χ1v) is 10.8. The van der Waals surface area contributed by atoms with E-state index in [1.807, 2.05) is 6.07 Å². The van der Waals surface area contributed by atoms with E-state index in [0.29, 0.717) is 12.3 Å². The van der Waals surface area contributed by atoms with Crippen LogP contribution in [0, 0.1) is 0 Å². The first-order chi connectivity index (χ1) is 12.7. The van der Waals surface area contributed by atoms with E-state index in [0.717, 1.165) is 35.0 Å². The predicted octanol–water partition coefficient (Wildman–Crippen LogP) is 3.18. The SMILES string of the molecule is CC[NH+](CC)CCN(C(=O)c1ccco1)c1nc2ccc(SC)cc2s1. The summed E-state index contributed by atoms with van der Waals surface area (Å²) >= 11 is 3.26. The van der Waals surface area contributed by atoms with Crippen molar-refractivity contribution < 1.29 is 14.1 Å².